The third-order valence-corrected chi connectivity index (χ3v) is 5.85. The zero-order chi connectivity index (χ0) is 21.1. The minimum atomic E-state index is -0.276. The van der Waals surface area contributed by atoms with E-state index in [0.717, 1.165) is 42.7 Å². The predicted molar refractivity (Wildman–Crippen MR) is 115 cm³/mol. The Morgan fingerprint density at radius 3 is 2.77 bits per heavy atom. The van der Waals surface area contributed by atoms with Crippen LogP contribution in [0.1, 0.15) is 41.4 Å². The van der Waals surface area contributed by atoms with E-state index in [1.54, 1.807) is 12.1 Å². The first-order valence-corrected chi connectivity index (χ1v) is 10.6. The number of carbonyl (C=O) groups excluding carboxylic acids is 1. The van der Waals surface area contributed by atoms with Gasteiger partial charge in [-0.3, -0.25) is 4.79 Å². The number of nitrogens with one attached hydrogen (secondary N) is 2. The maximum Gasteiger partial charge on any atom is 0.270 e. The Morgan fingerprint density at radius 1 is 1.30 bits per heavy atom. The molecule has 1 atom stereocenters. The number of rotatable bonds is 5. The number of amides is 1. The zero-order valence-electron chi connectivity index (χ0n) is 17.6. The molecule has 2 N–H and O–H groups in total. The normalized spacial score (nSPS) is 19.5. The Morgan fingerprint density at radius 2 is 2.03 bits per heavy atom. The molecule has 0 unspecified atom stereocenters. The zero-order valence-corrected chi connectivity index (χ0v) is 17.6. The van der Waals surface area contributed by atoms with Gasteiger partial charge in [0.15, 0.2) is 0 Å². The summed E-state index contributed by atoms with van der Waals surface area (Å²) in [5, 5.41) is 6.44. The van der Waals surface area contributed by atoms with Gasteiger partial charge in [-0.1, -0.05) is 12.1 Å². The standard InChI is InChI=1S/C23H29FN4O2/c1-15-14-30-23-20(26-15)12-18(11-16-3-5-19(24)6-4-16)21(27-23)22(29)25-13-17-7-9-28(2)10-8-17/h3-6,12,15,17,26H,7-11,13-14H2,1-2H3,(H,25,29)/t15-/m0/s1. The molecule has 1 aromatic carbocycles. The largest absolute Gasteiger partial charge is 0.474 e. The van der Waals surface area contributed by atoms with Crippen molar-refractivity contribution in [3.63, 3.8) is 0 Å². The lowest BCUT2D eigenvalue weighted by atomic mass is 9.97. The van der Waals surface area contributed by atoms with Crippen molar-refractivity contribution in [1.82, 2.24) is 15.2 Å². The van der Waals surface area contributed by atoms with Gasteiger partial charge in [-0.25, -0.2) is 9.37 Å². The van der Waals surface area contributed by atoms with Gasteiger partial charge in [0.25, 0.3) is 5.91 Å². The number of hydrogen-bond donors (Lipinski definition) is 2. The number of fused-ring (bicyclic) bond motifs is 1. The Balaban J connectivity index is 1.54. The highest BCUT2D eigenvalue weighted by molar-refractivity contribution is 5.94. The number of piperidine rings is 1. The van der Waals surface area contributed by atoms with Crippen LogP contribution < -0.4 is 15.4 Å². The number of hydrogen-bond acceptors (Lipinski definition) is 5. The molecule has 160 valence electrons. The first kappa shape index (κ1) is 20.6. The van der Waals surface area contributed by atoms with E-state index in [1.165, 1.54) is 12.1 Å². The number of likely N-dealkylation sites (tertiary alicyclic amines) is 1. The average molecular weight is 413 g/mol. The summed E-state index contributed by atoms with van der Waals surface area (Å²) < 4.78 is 19.0. The van der Waals surface area contributed by atoms with Crippen molar-refractivity contribution in [1.29, 1.82) is 0 Å². The van der Waals surface area contributed by atoms with E-state index >= 15 is 0 Å². The smallest absolute Gasteiger partial charge is 0.270 e. The highest BCUT2D eigenvalue weighted by atomic mass is 19.1. The third-order valence-electron chi connectivity index (χ3n) is 5.85. The van der Waals surface area contributed by atoms with Crippen LogP contribution >= 0.6 is 0 Å². The number of anilines is 1. The van der Waals surface area contributed by atoms with E-state index in [0.29, 0.717) is 37.1 Å². The molecular weight excluding hydrogens is 383 g/mol. The lowest BCUT2D eigenvalue weighted by Gasteiger charge is -2.29. The summed E-state index contributed by atoms with van der Waals surface area (Å²) in [5.41, 5.74) is 2.89. The van der Waals surface area contributed by atoms with Gasteiger partial charge in [0, 0.05) is 6.54 Å². The van der Waals surface area contributed by atoms with Gasteiger partial charge in [0.05, 0.1) is 11.7 Å². The van der Waals surface area contributed by atoms with Crippen molar-refractivity contribution in [3.05, 3.63) is 53.0 Å². The molecule has 6 nitrogen and oxygen atoms in total. The molecule has 2 aliphatic rings. The van der Waals surface area contributed by atoms with Gasteiger partial charge in [0.2, 0.25) is 5.88 Å². The fraction of sp³-hybridized carbons (Fsp3) is 0.478. The Kier molecular flexibility index (Phi) is 6.18. The number of aromatic nitrogens is 1. The van der Waals surface area contributed by atoms with E-state index in [-0.39, 0.29) is 17.8 Å². The summed E-state index contributed by atoms with van der Waals surface area (Å²) in [7, 11) is 2.13. The van der Waals surface area contributed by atoms with Crippen molar-refractivity contribution >= 4 is 11.6 Å². The van der Waals surface area contributed by atoms with Crippen LogP contribution in [0.5, 0.6) is 5.88 Å². The summed E-state index contributed by atoms with van der Waals surface area (Å²) >= 11 is 0. The Hall–Kier alpha value is -2.67. The topological polar surface area (TPSA) is 66.5 Å². The van der Waals surface area contributed by atoms with Crippen molar-refractivity contribution < 1.29 is 13.9 Å². The number of ether oxygens (including phenoxy) is 1. The Bertz CT molecular complexity index is 895. The molecule has 0 spiro atoms. The summed E-state index contributed by atoms with van der Waals surface area (Å²) in [6, 6.07) is 8.45. The highest BCUT2D eigenvalue weighted by Crippen LogP contribution is 2.30. The fourth-order valence-electron chi connectivity index (χ4n) is 4.00. The van der Waals surface area contributed by atoms with Gasteiger partial charge in [0.1, 0.15) is 18.1 Å². The number of nitrogens with zero attached hydrogens (tertiary/aromatic N) is 2. The van der Waals surface area contributed by atoms with Crippen molar-refractivity contribution in [2.45, 2.75) is 32.2 Å². The molecule has 1 fully saturated rings. The highest BCUT2D eigenvalue weighted by Gasteiger charge is 2.24. The van der Waals surface area contributed by atoms with E-state index in [4.69, 9.17) is 4.74 Å². The lowest BCUT2D eigenvalue weighted by Crippen LogP contribution is -2.37. The van der Waals surface area contributed by atoms with Crippen LogP contribution in [0, 0.1) is 11.7 Å². The Labute approximate surface area is 176 Å². The molecule has 1 saturated heterocycles. The molecule has 3 heterocycles. The van der Waals surface area contributed by atoms with Crippen LogP contribution in [0.25, 0.3) is 0 Å². The van der Waals surface area contributed by atoms with Crippen molar-refractivity contribution in [2.24, 2.45) is 5.92 Å². The quantitative estimate of drug-likeness (QED) is 0.790. The van der Waals surface area contributed by atoms with Crippen LogP contribution in [-0.2, 0) is 6.42 Å². The van der Waals surface area contributed by atoms with Crippen LogP contribution in [0.4, 0.5) is 10.1 Å². The molecule has 2 aliphatic heterocycles. The first-order chi connectivity index (χ1) is 14.5. The monoisotopic (exact) mass is 412 g/mol. The molecule has 0 aliphatic carbocycles. The maximum atomic E-state index is 13.3. The summed E-state index contributed by atoms with van der Waals surface area (Å²) in [5.74, 6) is 0.487. The molecule has 1 amide bonds. The predicted octanol–water partition coefficient (Wildman–Crippen LogP) is 3.08. The van der Waals surface area contributed by atoms with Gasteiger partial charge in [-0.15, -0.1) is 0 Å². The molecule has 0 bridgehead atoms. The SMILES string of the molecule is C[C@H]1COc2nc(C(=O)NCC3CCN(C)CC3)c(Cc3ccc(F)cc3)cc2N1. The van der Waals surface area contributed by atoms with E-state index < -0.39 is 0 Å². The minimum absolute atomic E-state index is 0.169. The van der Waals surface area contributed by atoms with Crippen LogP contribution in [0.2, 0.25) is 0 Å². The van der Waals surface area contributed by atoms with Gasteiger partial charge >= 0.3 is 0 Å². The third kappa shape index (κ3) is 4.90. The number of pyridine rings is 1. The summed E-state index contributed by atoms with van der Waals surface area (Å²) in [6.07, 6.45) is 2.66. The second-order valence-corrected chi connectivity index (χ2v) is 8.47. The minimum Gasteiger partial charge on any atom is -0.474 e. The fourth-order valence-corrected chi connectivity index (χ4v) is 4.00. The van der Waals surface area contributed by atoms with E-state index in [2.05, 4.69) is 27.6 Å². The molecule has 0 radical (unpaired) electrons. The molecular formula is C23H29FN4O2. The molecule has 2 aromatic rings. The molecule has 1 aromatic heterocycles. The second-order valence-electron chi connectivity index (χ2n) is 8.47. The van der Waals surface area contributed by atoms with Gasteiger partial charge in [-0.2, -0.15) is 0 Å². The number of halogens is 1. The molecule has 0 saturated carbocycles. The second kappa shape index (κ2) is 9.00. The van der Waals surface area contributed by atoms with Gasteiger partial charge < -0.3 is 20.3 Å². The van der Waals surface area contributed by atoms with E-state index in [1.807, 2.05) is 13.0 Å². The van der Waals surface area contributed by atoms with Crippen molar-refractivity contribution in [3.8, 4) is 5.88 Å². The van der Waals surface area contributed by atoms with Crippen LogP contribution in [-0.4, -0.2) is 55.1 Å². The average Bonchev–Trinajstić information content (AvgIpc) is 2.74. The molecule has 7 heteroatoms. The molecule has 4 rings (SSSR count). The van der Waals surface area contributed by atoms with Crippen LogP contribution in [0.15, 0.2) is 30.3 Å². The molecule has 30 heavy (non-hydrogen) atoms. The maximum absolute atomic E-state index is 13.3. The lowest BCUT2D eigenvalue weighted by molar-refractivity contribution is 0.0932. The number of carbonyl (C=O) groups is 1. The summed E-state index contributed by atoms with van der Waals surface area (Å²) in [6.45, 7) is 5.31. The van der Waals surface area contributed by atoms with Crippen molar-refractivity contribution in [2.75, 3.05) is 38.6 Å². The van der Waals surface area contributed by atoms with Gasteiger partial charge in [-0.05, 0) is 81.6 Å². The first-order valence-electron chi connectivity index (χ1n) is 10.6. The van der Waals surface area contributed by atoms with Crippen LogP contribution in [0.3, 0.4) is 0 Å². The number of benzene rings is 1. The van der Waals surface area contributed by atoms with E-state index in [9.17, 15) is 9.18 Å². The summed E-state index contributed by atoms with van der Waals surface area (Å²) in [4.78, 5) is 19.9.